The first-order valence-corrected chi connectivity index (χ1v) is 10.8. The summed E-state index contributed by atoms with van der Waals surface area (Å²) < 4.78 is 30.3. The average Bonchev–Trinajstić information content (AvgIpc) is 2.84. The molecule has 0 saturated heterocycles. The van der Waals surface area contributed by atoms with E-state index in [0.29, 0.717) is 22.6 Å². The van der Waals surface area contributed by atoms with Gasteiger partial charge in [-0.1, -0.05) is 37.3 Å². The first-order chi connectivity index (χ1) is 16.4. The Bertz CT molecular complexity index is 1280. The van der Waals surface area contributed by atoms with Crippen molar-refractivity contribution in [1.82, 2.24) is 0 Å². The van der Waals surface area contributed by atoms with Crippen LogP contribution in [0.5, 0.6) is 17.2 Å². The lowest BCUT2D eigenvalue weighted by atomic mass is 9.83. The molecule has 34 heavy (non-hydrogen) atoms. The van der Waals surface area contributed by atoms with Gasteiger partial charge in [-0.15, -0.1) is 0 Å². The Balaban J connectivity index is 1.54. The summed E-state index contributed by atoms with van der Waals surface area (Å²) in [6, 6.07) is 20.3. The van der Waals surface area contributed by atoms with Crippen LogP contribution in [0.15, 0.2) is 78.2 Å². The minimum absolute atomic E-state index is 0.0555. The molecule has 3 aromatic carbocycles. The lowest BCUT2D eigenvalue weighted by Crippen LogP contribution is -2.28. The second kappa shape index (κ2) is 9.67. The maximum absolute atomic E-state index is 13.4. The summed E-state index contributed by atoms with van der Waals surface area (Å²) in [4.78, 5) is 12.6. The Morgan fingerprint density at radius 3 is 2.44 bits per heavy atom. The topological polar surface area (TPSA) is 94.6 Å². The number of esters is 1. The third-order valence-electron chi connectivity index (χ3n) is 5.59. The summed E-state index contributed by atoms with van der Waals surface area (Å²) in [6.45, 7) is 3.67. The monoisotopic (exact) mass is 458 g/mol. The second-order valence-electron chi connectivity index (χ2n) is 7.85. The molecule has 1 aliphatic heterocycles. The van der Waals surface area contributed by atoms with Gasteiger partial charge in [0.15, 0.2) is 6.10 Å². The van der Waals surface area contributed by atoms with Crippen LogP contribution in [-0.2, 0) is 11.2 Å². The molecule has 2 atom stereocenters. The summed E-state index contributed by atoms with van der Waals surface area (Å²) in [7, 11) is 0. The van der Waals surface area contributed by atoms with Crippen LogP contribution in [0, 0.1) is 17.1 Å². The Morgan fingerprint density at radius 1 is 1.12 bits per heavy atom. The highest BCUT2D eigenvalue weighted by Gasteiger charge is 2.31. The molecule has 1 aliphatic rings. The van der Waals surface area contributed by atoms with Gasteiger partial charge in [-0.25, -0.2) is 9.18 Å². The molecule has 1 heterocycles. The van der Waals surface area contributed by atoms with Crippen molar-refractivity contribution in [1.29, 1.82) is 5.26 Å². The van der Waals surface area contributed by atoms with Gasteiger partial charge in [0.25, 0.3) is 0 Å². The smallest absolute Gasteiger partial charge is 0.352 e. The molecule has 0 amide bonds. The van der Waals surface area contributed by atoms with Gasteiger partial charge in [0.1, 0.15) is 34.7 Å². The zero-order valence-electron chi connectivity index (χ0n) is 18.7. The van der Waals surface area contributed by atoms with Crippen molar-refractivity contribution in [3.8, 4) is 23.3 Å². The van der Waals surface area contributed by atoms with E-state index in [1.54, 1.807) is 31.2 Å². The van der Waals surface area contributed by atoms with Crippen LogP contribution in [0.4, 0.5) is 4.39 Å². The number of hydrogen-bond acceptors (Lipinski definition) is 6. The molecular formula is C27H23FN2O4. The van der Waals surface area contributed by atoms with Crippen molar-refractivity contribution in [2.45, 2.75) is 32.3 Å². The molecule has 0 fully saturated rings. The highest BCUT2D eigenvalue weighted by Crippen LogP contribution is 2.43. The lowest BCUT2D eigenvalue weighted by molar-refractivity contribution is -0.141. The number of carbonyl (C=O) groups is 1. The minimum Gasteiger partial charge on any atom is -0.479 e. The van der Waals surface area contributed by atoms with E-state index in [9.17, 15) is 14.4 Å². The Morgan fingerprint density at radius 2 is 1.79 bits per heavy atom. The summed E-state index contributed by atoms with van der Waals surface area (Å²) in [5.41, 5.74) is 8.73. The first kappa shape index (κ1) is 22.9. The van der Waals surface area contributed by atoms with E-state index >= 15 is 0 Å². The molecule has 7 heteroatoms. The van der Waals surface area contributed by atoms with Gasteiger partial charge in [0.05, 0.1) is 5.92 Å². The number of hydrogen-bond donors (Lipinski definition) is 1. The van der Waals surface area contributed by atoms with Crippen LogP contribution in [0.2, 0.25) is 0 Å². The summed E-state index contributed by atoms with van der Waals surface area (Å²) in [6.07, 6.45) is 0.0714. The molecule has 4 rings (SSSR count). The fourth-order valence-electron chi connectivity index (χ4n) is 3.75. The highest BCUT2D eigenvalue weighted by molar-refractivity contribution is 5.77. The highest BCUT2D eigenvalue weighted by atomic mass is 19.1. The molecule has 0 saturated carbocycles. The predicted octanol–water partition coefficient (Wildman–Crippen LogP) is 4.98. The SMILES string of the molecule is CCc1ccc(OC(C)C(=O)Oc2ccc3c(c2)OC(N)=C(C#N)C3c2ccc(F)cc2)cc1. The van der Waals surface area contributed by atoms with Crippen molar-refractivity contribution in [3.63, 3.8) is 0 Å². The van der Waals surface area contributed by atoms with Gasteiger partial charge in [-0.2, -0.15) is 5.26 Å². The molecule has 172 valence electrons. The Kier molecular flexibility index (Phi) is 6.51. The molecular weight excluding hydrogens is 435 g/mol. The fraction of sp³-hybridized carbons (Fsp3) is 0.185. The molecule has 0 bridgehead atoms. The van der Waals surface area contributed by atoms with E-state index in [4.69, 9.17) is 19.9 Å². The standard InChI is InChI=1S/C27H23FN2O4/c1-3-17-4-10-20(11-5-17)32-16(2)27(31)33-21-12-13-22-24(14-21)34-26(30)23(15-29)25(22)18-6-8-19(28)9-7-18/h4-14,16,25H,3,30H2,1-2H3. The van der Waals surface area contributed by atoms with Crippen LogP contribution in [0.3, 0.4) is 0 Å². The zero-order valence-corrected chi connectivity index (χ0v) is 18.7. The number of halogens is 1. The maximum Gasteiger partial charge on any atom is 0.352 e. The Hall–Kier alpha value is -4.31. The van der Waals surface area contributed by atoms with Crippen molar-refractivity contribution in [2.24, 2.45) is 5.73 Å². The fourth-order valence-corrected chi connectivity index (χ4v) is 3.75. The third kappa shape index (κ3) is 4.71. The quantitative estimate of drug-likeness (QED) is 0.414. The van der Waals surface area contributed by atoms with Crippen molar-refractivity contribution >= 4 is 5.97 Å². The number of carbonyl (C=O) groups excluding carboxylic acids is 1. The lowest BCUT2D eigenvalue weighted by Gasteiger charge is -2.26. The minimum atomic E-state index is -0.841. The summed E-state index contributed by atoms with van der Waals surface area (Å²) in [5, 5.41) is 9.63. The van der Waals surface area contributed by atoms with Crippen molar-refractivity contribution in [3.05, 3.63) is 101 Å². The number of ether oxygens (including phenoxy) is 3. The molecule has 0 aromatic heterocycles. The van der Waals surface area contributed by atoms with Crippen LogP contribution in [-0.4, -0.2) is 12.1 Å². The van der Waals surface area contributed by atoms with Gasteiger partial charge >= 0.3 is 5.97 Å². The van der Waals surface area contributed by atoms with Crippen LogP contribution >= 0.6 is 0 Å². The van der Waals surface area contributed by atoms with Gasteiger partial charge < -0.3 is 19.9 Å². The third-order valence-corrected chi connectivity index (χ3v) is 5.59. The average molecular weight is 458 g/mol. The molecule has 0 spiro atoms. The van der Waals surface area contributed by atoms with Gasteiger partial charge in [0.2, 0.25) is 5.88 Å². The number of nitrogens with zero attached hydrogens (tertiary/aromatic N) is 1. The number of benzene rings is 3. The molecule has 0 aliphatic carbocycles. The number of fused-ring (bicyclic) bond motifs is 1. The van der Waals surface area contributed by atoms with Crippen molar-refractivity contribution in [2.75, 3.05) is 0 Å². The molecule has 3 aromatic rings. The molecule has 6 nitrogen and oxygen atoms in total. The molecule has 2 N–H and O–H groups in total. The zero-order chi connectivity index (χ0) is 24.2. The number of nitrogens with two attached hydrogens (primary N) is 1. The van der Waals surface area contributed by atoms with E-state index in [0.717, 1.165) is 6.42 Å². The van der Waals surface area contributed by atoms with E-state index in [-0.39, 0.29) is 23.0 Å². The maximum atomic E-state index is 13.4. The van der Waals surface area contributed by atoms with Crippen molar-refractivity contribution < 1.29 is 23.4 Å². The molecule has 0 radical (unpaired) electrons. The van der Waals surface area contributed by atoms with Gasteiger partial charge in [-0.3, -0.25) is 0 Å². The van der Waals surface area contributed by atoms with Gasteiger partial charge in [0, 0.05) is 11.6 Å². The van der Waals surface area contributed by atoms with E-state index in [2.05, 4.69) is 13.0 Å². The van der Waals surface area contributed by atoms with Crippen LogP contribution in [0.1, 0.15) is 36.5 Å². The molecule has 2 unspecified atom stereocenters. The van der Waals surface area contributed by atoms with Gasteiger partial charge in [-0.05, 0) is 54.8 Å². The van der Waals surface area contributed by atoms with E-state index in [1.807, 2.05) is 24.3 Å². The van der Waals surface area contributed by atoms with E-state index in [1.165, 1.54) is 23.8 Å². The summed E-state index contributed by atoms with van der Waals surface area (Å²) in [5.74, 6) is -0.392. The van der Waals surface area contributed by atoms with E-state index < -0.39 is 18.0 Å². The normalized spacial score (nSPS) is 15.5. The largest absolute Gasteiger partial charge is 0.479 e. The first-order valence-electron chi connectivity index (χ1n) is 10.8. The predicted molar refractivity (Wildman–Crippen MR) is 124 cm³/mol. The number of aryl methyl sites for hydroxylation is 1. The second-order valence-corrected chi connectivity index (χ2v) is 7.85. The number of rotatable bonds is 6. The number of nitriles is 1. The van der Waals surface area contributed by atoms with Crippen LogP contribution in [0.25, 0.3) is 0 Å². The Labute approximate surface area is 197 Å². The summed E-state index contributed by atoms with van der Waals surface area (Å²) >= 11 is 0. The van der Waals surface area contributed by atoms with Crippen LogP contribution < -0.4 is 19.9 Å². The number of allylic oxidation sites excluding steroid dienone is 1.